The molecule has 0 aliphatic carbocycles. The maximum atomic E-state index is 9.65. The van der Waals surface area contributed by atoms with Crippen LogP contribution in [0.15, 0.2) is 0 Å². The van der Waals surface area contributed by atoms with Crippen LogP contribution < -0.4 is 0 Å². The number of ether oxygens (including phenoxy) is 2. The molecule has 3 heteroatoms. The topological polar surface area (TPSA) is 35.5 Å². The van der Waals surface area contributed by atoms with E-state index in [9.17, 15) is 4.79 Å². The highest BCUT2D eigenvalue weighted by molar-refractivity contribution is 5.37. The highest BCUT2D eigenvalue weighted by Crippen LogP contribution is 2.18. The van der Waals surface area contributed by atoms with E-state index < -0.39 is 0 Å². The summed E-state index contributed by atoms with van der Waals surface area (Å²) < 4.78 is 9.32. The summed E-state index contributed by atoms with van der Waals surface area (Å²) in [7, 11) is 0. The van der Waals surface area contributed by atoms with Crippen molar-refractivity contribution in [3.05, 3.63) is 0 Å². The monoisotopic (exact) mass is 116 g/mol. The molecule has 8 heavy (non-hydrogen) atoms. The van der Waals surface area contributed by atoms with E-state index in [2.05, 4.69) is 4.74 Å². The summed E-state index contributed by atoms with van der Waals surface area (Å²) in [5.41, 5.74) is 0. The first-order valence-electron chi connectivity index (χ1n) is 2.55. The third-order valence-corrected chi connectivity index (χ3v) is 1.18. The smallest absolute Gasteiger partial charge is 0.295 e. The van der Waals surface area contributed by atoms with Gasteiger partial charge in [0.1, 0.15) is 0 Å². The van der Waals surface area contributed by atoms with Crippen LogP contribution in [0.2, 0.25) is 0 Å². The van der Waals surface area contributed by atoms with Crippen LogP contribution in [0, 0.1) is 5.92 Å². The number of carbonyl (C=O) groups excluding carboxylic acids is 1. The maximum Gasteiger partial charge on any atom is 0.295 e. The molecule has 0 radical (unpaired) electrons. The van der Waals surface area contributed by atoms with E-state index in [4.69, 9.17) is 4.74 Å². The first-order chi connectivity index (χ1) is 3.84. The molecule has 1 fully saturated rings. The van der Waals surface area contributed by atoms with Crippen molar-refractivity contribution in [2.24, 2.45) is 5.92 Å². The summed E-state index contributed by atoms with van der Waals surface area (Å²) in [5, 5.41) is 0. The first kappa shape index (κ1) is 5.56. The Morgan fingerprint density at radius 1 is 1.88 bits per heavy atom. The normalized spacial score (nSPS) is 35.6. The van der Waals surface area contributed by atoms with Gasteiger partial charge in [-0.15, -0.1) is 0 Å². The van der Waals surface area contributed by atoms with Gasteiger partial charge in [-0.3, -0.25) is 4.79 Å². The molecule has 2 unspecified atom stereocenters. The van der Waals surface area contributed by atoms with Gasteiger partial charge in [0.25, 0.3) is 6.47 Å². The summed E-state index contributed by atoms with van der Waals surface area (Å²) >= 11 is 0. The molecule has 46 valence electrons. The van der Waals surface area contributed by atoms with Crippen LogP contribution in [-0.2, 0) is 14.3 Å². The van der Waals surface area contributed by atoms with Crippen LogP contribution >= 0.6 is 0 Å². The van der Waals surface area contributed by atoms with Crippen LogP contribution in [0.3, 0.4) is 0 Å². The molecule has 1 rings (SSSR count). The molecule has 0 bridgehead atoms. The van der Waals surface area contributed by atoms with Gasteiger partial charge in [-0.2, -0.15) is 0 Å². The van der Waals surface area contributed by atoms with Crippen LogP contribution in [-0.4, -0.2) is 19.4 Å². The van der Waals surface area contributed by atoms with Crippen molar-refractivity contribution in [2.45, 2.75) is 13.2 Å². The van der Waals surface area contributed by atoms with E-state index in [1.807, 2.05) is 6.92 Å². The standard InChI is InChI=1S/C5H8O3/c1-4-2-7-5(4)8-3-6/h3-5H,2H2,1H3. The van der Waals surface area contributed by atoms with E-state index in [0.717, 1.165) is 0 Å². The third-order valence-electron chi connectivity index (χ3n) is 1.18. The van der Waals surface area contributed by atoms with Gasteiger partial charge < -0.3 is 9.47 Å². The van der Waals surface area contributed by atoms with Gasteiger partial charge in [0, 0.05) is 5.92 Å². The fraction of sp³-hybridized carbons (Fsp3) is 0.800. The highest BCUT2D eigenvalue weighted by Gasteiger charge is 2.28. The Balaban J connectivity index is 2.16. The zero-order valence-corrected chi connectivity index (χ0v) is 4.66. The predicted molar refractivity (Wildman–Crippen MR) is 26.1 cm³/mol. The minimum atomic E-state index is -0.271. The van der Waals surface area contributed by atoms with Gasteiger partial charge in [0.15, 0.2) is 0 Å². The lowest BCUT2D eigenvalue weighted by Gasteiger charge is -2.31. The Morgan fingerprint density at radius 3 is 2.75 bits per heavy atom. The lowest BCUT2D eigenvalue weighted by atomic mass is 10.1. The SMILES string of the molecule is CC1COC1OC=O. The lowest BCUT2D eigenvalue weighted by molar-refractivity contribution is -0.237. The molecular weight excluding hydrogens is 108 g/mol. The molecule has 1 aliphatic rings. The van der Waals surface area contributed by atoms with Gasteiger partial charge in [-0.25, -0.2) is 0 Å². The molecule has 3 nitrogen and oxygen atoms in total. The van der Waals surface area contributed by atoms with Crippen molar-refractivity contribution in [1.82, 2.24) is 0 Å². The fourth-order valence-corrected chi connectivity index (χ4v) is 0.595. The van der Waals surface area contributed by atoms with Crippen LogP contribution in [0.1, 0.15) is 6.92 Å². The van der Waals surface area contributed by atoms with E-state index in [1.165, 1.54) is 0 Å². The molecule has 0 aromatic heterocycles. The van der Waals surface area contributed by atoms with Crippen molar-refractivity contribution in [2.75, 3.05) is 6.61 Å². The van der Waals surface area contributed by atoms with Gasteiger partial charge in [-0.1, -0.05) is 6.92 Å². The highest BCUT2D eigenvalue weighted by atomic mass is 16.7. The zero-order valence-electron chi connectivity index (χ0n) is 4.66. The minimum Gasteiger partial charge on any atom is -0.438 e. The molecule has 1 aliphatic heterocycles. The maximum absolute atomic E-state index is 9.65. The summed E-state index contributed by atoms with van der Waals surface area (Å²) in [6, 6.07) is 0. The molecule has 0 aromatic rings. The molecule has 1 heterocycles. The quantitative estimate of drug-likeness (QED) is 0.482. The Hall–Kier alpha value is -0.570. The van der Waals surface area contributed by atoms with Crippen LogP contribution in [0.25, 0.3) is 0 Å². The van der Waals surface area contributed by atoms with Crippen molar-refractivity contribution < 1.29 is 14.3 Å². The molecule has 0 saturated carbocycles. The average Bonchev–Trinajstić information content (AvgIpc) is 1.79. The van der Waals surface area contributed by atoms with Crippen molar-refractivity contribution >= 4 is 6.47 Å². The minimum absolute atomic E-state index is 0.271. The van der Waals surface area contributed by atoms with Gasteiger partial charge in [0.05, 0.1) is 6.61 Å². The second kappa shape index (κ2) is 2.13. The molecule has 1 saturated heterocycles. The second-order valence-electron chi connectivity index (χ2n) is 1.91. The molecule has 0 aromatic carbocycles. The first-order valence-corrected chi connectivity index (χ1v) is 2.55. The van der Waals surface area contributed by atoms with Crippen LogP contribution in [0.5, 0.6) is 0 Å². The van der Waals surface area contributed by atoms with E-state index in [-0.39, 0.29) is 6.29 Å². The van der Waals surface area contributed by atoms with Crippen molar-refractivity contribution in [1.29, 1.82) is 0 Å². The second-order valence-corrected chi connectivity index (χ2v) is 1.91. The predicted octanol–water partition coefficient (Wildman–Crippen LogP) is 0.152. The zero-order chi connectivity index (χ0) is 5.98. The van der Waals surface area contributed by atoms with Crippen molar-refractivity contribution in [3.63, 3.8) is 0 Å². The third kappa shape index (κ3) is 0.816. The van der Waals surface area contributed by atoms with Crippen molar-refractivity contribution in [3.8, 4) is 0 Å². The molecule has 0 amide bonds. The number of rotatable bonds is 2. The molecule has 0 spiro atoms. The van der Waals surface area contributed by atoms with Gasteiger partial charge >= 0.3 is 0 Å². The number of hydrogen-bond acceptors (Lipinski definition) is 3. The molecule has 2 atom stereocenters. The average molecular weight is 116 g/mol. The molecular formula is C5H8O3. The van der Waals surface area contributed by atoms with E-state index in [0.29, 0.717) is 19.0 Å². The number of carbonyl (C=O) groups is 1. The van der Waals surface area contributed by atoms with Gasteiger partial charge in [-0.05, 0) is 0 Å². The van der Waals surface area contributed by atoms with E-state index >= 15 is 0 Å². The Labute approximate surface area is 47.6 Å². The van der Waals surface area contributed by atoms with E-state index in [1.54, 1.807) is 0 Å². The Kier molecular flexibility index (Phi) is 1.48. The molecule has 0 N–H and O–H groups in total. The Bertz CT molecular complexity index is 91.7. The van der Waals surface area contributed by atoms with Gasteiger partial charge in [0.2, 0.25) is 6.29 Å². The summed E-state index contributed by atoms with van der Waals surface area (Å²) in [4.78, 5) is 9.65. The summed E-state index contributed by atoms with van der Waals surface area (Å²) in [6.07, 6.45) is -0.271. The fourth-order valence-electron chi connectivity index (χ4n) is 0.595. The largest absolute Gasteiger partial charge is 0.438 e. The number of hydrogen-bond donors (Lipinski definition) is 0. The lowest BCUT2D eigenvalue weighted by Crippen LogP contribution is -2.39. The Morgan fingerprint density at radius 2 is 2.62 bits per heavy atom. The van der Waals surface area contributed by atoms with Crippen LogP contribution in [0.4, 0.5) is 0 Å². The summed E-state index contributed by atoms with van der Waals surface area (Å²) in [5.74, 6) is 0.375. The summed E-state index contributed by atoms with van der Waals surface area (Å²) in [6.45, 7) is 3.09.